The standard InChI is InChI=1S/C33H28N2P/c1-25-22-23-26(33-34-30-20-12-13-21-31(30)35(33)2)24-32(25)36(27-14-6-3-7-15-27,28-16-8-4-9-17-28)29-18-10-5-11-19-29/h3-24H,1-2H3/q+1. The van der Waals surface area contributed by atoms with E-state index in [1.165, 1.54) is 26.8 Å². The lowest BCUT2D eigenvalue weighted by molar-refractivity contribution is 0.959. The number of hydrogen-bond donors (Lipinski definition) is 0. The van der Waals surface area contributed by atoms with Crippen LogP contribution in [0.1, 0.15) is 5.56 Å². The van der Waals surface area contributed by atoms with Gasteiger partial charge in [-0.3, -0.25) is 0 Å². The predicted octanol–water partition coefficient (Wildman–Crippen LogP) is 6.17. The Bertz CT molecular complexity index is 1540. The Kier molecular flexibility index (Phi) is 5.76. The van der Waals surface area contributed by atoms with E-state index < -0.39 is 7.26 Å². The molecule has 0 fully saturated rings. The van der Waals surface area contributed by atoms with Gasteiger partial charge in [0.15, 0.2) is 0 Å². The van der Waals surface area contributed by atoms with E-state index in [2.05, 4.69) is 152 Å². The number of nitrogens with zero attached hydrogens (tertiary/aromatic N) is 2. The van der Waals surface area contributed by atoms with Crippen molar-refractivity contribution in [3.63, 3.8) is 0 Å². The van der Waals surface area contributed by atoms with E-state index in [0.29, 0.717) is 0 Å². The van der Waals surface area contributed by atoms with Gasteiger partial charge in [-0.05, 0) is 67.1 Å². The molecule has 3 heteroatoms. The van der Waals surface area contributed by atoms with Crippen LogP contribution in [0.5, 0.6) is 0 Å². The van der Waals surface area contributed by atoms with Crippen LogP contribution in [0.15, 0.2) is 133 Å². The van der Waals surface area contributed by atoms with Gasteiger partial charge in [0.2, 0.25) is 0 Å². The first kappa shape index (κ1) is 22.5. The van der Waals surface area contributed by atoms with Gasteiger partial charge in [-0.25, -0.2) is 4.98 Å². The maximum absolute atomic E-state index is 5.03. The first-order valence-electron chi connectivity index (χ1n) is 12.3. The number of imidazole rings is 1. The molecule has 0 saturated heterocycles. The van der Waals surface area contributed by atoms with Crippen LogP contribution in [0, 0.1) is 6.92 Å². The highest BCUT2D eigenvalue weighted by atomic mass is 31.2. The second kappa shape index (κ2) is 9.22. The Morgan fingerprint density at radius 3 is 1.61 bits per heavy atom. The molecular formula is C33H28N2P+. The smallest absolute Gasteiger partial charge is 0.144 e. The summed E-state index contributed by atoms with van der Waals surface area (Å²) in [4.78, 5) is 5.03. The SMILES string of the molecule is Cc1ccc(-c2nc3ccccc3n2C)cc1[P+](c1ccccc1)(c1ccccc1)c1ccccc1. The third kappa shape index (κ3) is 3.58. The second-order valence-electron chi connectivity index (χ2n) is 9.16. The molecule has 6 rings (SSSR count). The van der Waals surface area contributed by atoms with Crippen LogP contribution in [-0.2, 0) is 7.05 Å². The lowest BCUT2D eigenvalue weighted by Gasteiger charge is -2.29. The minimum Gasteiger partial charge on any atom is -0.327 e. The summed E-state index contributed by atoms with van der Waals surface area (Å²) < 4.78 is 2.21. The van der Waals surface area contributed by atoms with Crippen LogP contribution in [0.4, 0.5) is 0 Å². The molecule has 0 radical (unpaired) electrons. The number of hydrogen-bond acceptors (Lipinski definition) is 1. The fraction of sp³-hybridized carbons (Fsp3) is 0.0606. The van der Waals surface area contributed by atoms with E-state index in [4.69, 9.17) is 4.98 Å². The normalized spacial score (nSPS) is 11.6. The molecule has 0 saturated carbocycles. The maximum atomic E-state index is 5.03. The van der Waals surface area contributed by atoms with Gasteiger partial charge >= 0.3 is 0 Å². The Morgan fingerprint density at radius 2 is 1.08 bits per heavy atom. The molecule has 0 unspecified atom stereocenters. The minimum atomic E-state index is -2.18. The molecule has 1 heterocycles. The molecule has 0 aliphatic carbocycles. The van der Waals surface area contributed by atoms with E-state index >= 15 is 0 Å². The van der Waals surface area contributed by atoms with Crippen molar-refractivity contribution in [3.05, 3.63) is 139 Å². The Balaban J connectivity index is 1.70. The van der Waals surface area contributed by atoms with Gasteiger partial charge in [0.25, 0.3) is 0 Å². The van der Waals surface area contributed by atoms with Crippen LogP contribution in [0.2, 0.25) is 0 Å². The molecular weight excluding hydrogens is 455 g/mol. The molecule has 0 bridgehead atoms. The third-order valence-electron chi connectivity index (χ3n) is 7.05. The highest BCUT2D eigenvalue weighted by Gasteiger charge is 2.48. The molecule has 0 atom stereocenters. The summed E-state index contributed by atoms with van der Waals surface area (Å²) in [6.45, 7) is 2.25. The van der Waals surface area contributed by atoms with Crippen molar-refractivity contribution in [3.8, 4) is 11.4 Å². The summed E-state index contributed by atoms with van der Waals surface area (Å²) in [6, 6.07) is 48.4. The fourth-order valence-corrected chi connectivity index (χ4v) is 9.86. The minimum absolute atomic E-state index is 0.990. The van der Waals surface area contributed by atoms with Gasteiger partial charge < -0.3 is 4.57 Å². The molecule has 0 aliphatic heterocycles. The quantitative estimate of drug-likeness (QED) is 0.268. The number of benzene rings is 5. The first-order valence-corrected chi connectivity index (χ1v) is 14.1. The average Bonchev–Trinajstić information content (AvgIpc) is 3.28. The average molecular weight is 484 g/mol. The predicted molar refractivity (Wildman–Crippen MR) is 156 cm³/mol. The van der Waals surface area contributed by atoms with Gasteiger partial charge in [-0.15, -0.1) is 0 Å². The van der Waals surface area contributed by atoms with Crippen LogP contribution in [-0.4, -0.2) is 9.55 Å². The molecule has 6 aromatic rings. The van der Waals surface area contributed by atoms with Gasteiger partial charge in [-0.2, -0.15) is 0 Å². The van der Waals surface area contributed by atoms with Crippen molar-refractivity contribution in [1.82, 2.24) is 9.55 Å². The third-order valence-corrected chi connectivity index (χ3v) is 11.5. The van der Waals surface area contributed by atoms with Crippen molar-refractivity contribution in [2.24, 2.45) is 7.05 Å². The summed E-state index contributed by atoms with van der Waals surface area (Å²) in [5.41, 5.74) is 4.60. The van der Waals surface area contributed by atoms with E-state index in [-0.39, 0.29) is 0 Å². The highest BCUT2D eigenvalue weighted by Crippen LogP contribution is 2.55. The summed E-state index contributed by atoms with van der Waals surface area (Å²) in [6.07, 6.45) is 0. The van der Waals surface area contributed by atoms with E-state index in [9.17, 15) is 0 Å². The maximum Gasteiger partial charge on any atom is 0.144 e. The molecule has 1 aromatic heterocycles. The zero-order valence-corrected chi connectivity index (χ0v) is 21.4. The Labute approximate surface area is 213 Å². The van der Waals surface area contributed by atoms with Crippen LogP contribution in [0.3, 0.4) is 0 Å². The van der Waals surface area contributed by atoms with Crippen LogP contribution >= 0.6 is 7.26 Å². The van der Waals surface area contributed by atoms with Crippen molar-refractivity contribution < 1.29 is 0 Å². The number of aryl methyl sites for hydroxylation is 2. The molecule has 0 amide bonds. The Hall–Kier alpha value is -4.00. The summed E-state index contributed by atoms with van der Waals surface area (Å²) in [7, 11) is -0.0680. The van der Waals surface area contributed by atoms with Crippen molar-refractivity contribution in [2.75, 3.05) is 0 Å². The van der Waals surface area contributed by atoms with Gasteiger partial charge in [-0.1, -0.05) is 78.9 Å². The van der Waals surface area contributed by atoms with Gasteiger partial charge in [0.05, 0.1) is 11.0 Å². The number of aromatic nitrogens is 2. The molecule has 0 spiro atoms. The summed E-state index contributed by atoms with van der Waals surface area (Å²) in [5.74, 6) is 0.990. The molecule has 5 aromatic carbocycles. The van der Waals surface area contributed by atoms with Crippen LogP contribution in [0.25, 0.3) is 22.4 Å². The highest BCUT2D eigenvalue weighted by molar-refractivity contribution is 8.01. The molecule has 36 heavy (non-hydrogen) atoms. The zero-order chi connectivity index (χ0) is 24.5. The topological polar surface area (TPSA) is 17.8 Å². The molecule has 0 N–H and O–H groups in total. The number of fused-ring (bicyclic) bond motifs is 1. The zero-order valence-electron chi connectivity index (χ0n) is 20.5. The first-order chi connectivity index (χ1) is 17.7. The van der Waals surface area contributed by atoms with E-state index in [1.54, 1.807) is 0 Å². The number of para-hydroxylation sites is 2. The lowest BCUT2D eigenvalue weighted by Crippen LogP contribution is -2.39. The van der Waals surface area contributed by atoms with Crippen molar-refractivity contribution >= 4 is 39.5 Å². The molecule has 2 nitrogen and oxygen atoms in total. The van der Waals surface area contributed by atoms with E-state index in [1.807, 2.05) is 0 Å². The lowest BCUT2D eigenvalue weighted by atomic mass is 10.1. The monoisotopic (exact) mass is 483 g/mol. The van der Waals surface area contributed by atoms with Crippen molar-refractivity contribution in [2.45, 2.75) is 6.92 Å². The van der Waals surface area contributed by atoms with Gasteiger partial charge in [0.1, 0.15) is 34.3 Å². The summed E-state index contributed by atoms with van der Waals surface area (Å²) in [5, 5.41) is 5.43. The van der Waals surface area contributed by atoms with E-state index in [0.717, 1.165) is 22.4 Å². The molecule has 174 valence electrons. The second-order valence-corrected chi connectivity index (χ2v) is 12.5. The summed E-state index contributed by atoms with van der Waals surface area (Å²) >= 11 is 0. The fourth-order valence-electron chi connectivity index (χ4n) is 5.33. The van der Waals surface area contributed by atoms with Gasteiger partial charge in [0, 0.05) is 12.6 Å². The van der Waals surface area contributed by atoms with Crippen molar-refractivity contribution in [1.29, 1.82) is 0 Å². The largest absolute Gasteiger partial charge is 0.327 e. The Morgan fingerprint density at radius 1 is 0.583 bits per heavy atom. The molecule has 0 aliphatic rings. The van der Waals surface area contributed by atoms with Crippen LogP contribution < -0.4 is 21.2 Å². The number of rotatable bonds is 5.